The third-order valence-electron chi connectivity index (χ3n) is 4.46. The van der Waals surface area contributed by atoms with Crippen LogP contribution in [-0.4, -0.2) is 78.9 Å². The van der Waals surface area contributed by atoms with Crippen LogP contribution in [0.15, 0.2) is 11.2 Å². The number of aromatic nitrogens is 2. The van der Waals surface area contributed by atoms with Gasteiger partial charge in [-0.05, 0) is 12.8 Å². The molecule has 3 rings (SSSR count). The van der Waals surface area contributed by atoms with E-state index in [9.17, 15) is 9.59 Å². The van der Waals surface area contributed by atoms with E-state index in [1.807, 2.05) is 4.90 Å². The molecule has 1 saturated heterocycles. The molecule has 0 unspecified atom stereocenters. The molecule has 2 amide bonds. The fourth-order valence-electron chi connectivity index (χ4n) is 2.83. The van der Waals surface area contributed by atoms with Crippen molar-refractivity contribution in [1.29, 1.82) is 0 Å². The third kappa shape index (κ3) is 5.95. The first kappa shape index (κ1) is 20.2. The van der Waals surface area contributed by atoms with E-state index in [1.165, 1.54) is 11.8 Å². The molecule has 1 aliphatic carbocycles. The van der Waals surface area contributed by atoms with Crippen LogP contribution in [0.3, 0.4) is 0 Å². The Morgan fingerprint density at radius 3 is 2.70 bits per heavy atom. The molecule has 0 atom stereocenters. The molecular weight excluding hydrogens is 390 g/mol. The topological polar surface area (TPSA) is 87.7 Å². The van der Waals surface area contributed by atoms with E-state index in [1.54, 1.807) is 13.2 Å². The van der Waals surface area contributed by atoms with Crippen molar-refractivity contribution in [2.24, 2.45) is 5.92 Å². The summed E-state index contributed by atoms with van der Waals surface area (Å²) in [6, 6.07) is 1.72. The van der Waals surface area contributed by atoms with Crippen LogP contribution >= 0.6 is 23.4 Å². The van der Waals surface area contributed by atoms with Crippen molar-refractivity contribution in [3.05, 3.63) is 11.2 Å². The zero-order valence-corrected chi connectivity index (χ0v) is 16.9. The minimum Gasteiger partial charge on any atom is -0.383 e. The number of halogens is 1. The number of carbonyl (C=O) groups is 2. The molecule has 1 aromatic rings. The third-order valence-corrected chi connectivity index (χ3v) is 5.50. The smallest absolute Gasteiger partial charge is 0.230 e. The summed E-state index contributed by atoms with van der Waals surface area (Å²) in [7, 11) is 1.59. The van der Waals surface area contributed by atoms with Crippen LogP contribution in [0, 0.1) is 5.92 Å². The molecule has 1 N–H and O–H groups in total. The van der Waals surface area contributed by atoms with Crippen LogP contribution in [-0.2, 0) is 14.3 Å². The summed E-state index contributed by atoms with van der Waals surface area (Å²) in [6.45, 7) is 3.77. The molecule has 0 aromatic carbocycles. The Morgan fingerprint density at radius 1 is 1.30 bits per heavy atom. The number of nitrogens with zero attached hydrogens (tertiary/aromatic N) is 4. The molecule has 0 bridgehead atoms. The van der Waals surface area contributed by atoms with Gasteiger partial charge in [0.05, 0.1) is 12.4 Å². The van der Waals surface area contributed by atoms with Crippen LogP contribution < -0.4 is 10.2 Å². The predicted molar refractivity (Wildman–Crippen MR) is 104 cm³/mol. The standard InChI is InChI=1S/C17H24ClN5O3S/c1-26-9-4-19-15(24)11-27-17-20-13(18)10-14(21-17)22-5-7-23(8-6-22)16(25)12-2-3-12/h10,12H,2-9,11H2,1H3,(H,19,24). The number of ether oxygens (including phenoxy) is 1. The number of nitrogens with one attached hydrogen (secondary N) is 1. The average Bonchev–Trinajstić information content (AvgIpc) is 3.51. The van der Waals surface area contributed by atoms with Crippen molar-refractivity contribution < 1.29 is 14.3 Å². The molecule has 2 fully saturated rings. The van der Waals surface area contributed by atoms with Crippen molar-refractivity contribution >= 4 is 41.0 Å². The van der Waals surface area contributed by atoms with Gasteiger partial charge in [0.1, 0.15) is 11.0 Å². The van der Waals surface area contributed by atoms with Crippen molar-refractivity contribution in [2.45, 2.75) is 18.0 Å². The Labute approximate surface area is 168 Å². The van der Waals surface area contributed by atoms with Gasteiger partial charge < -0.3 is 19.9 Å². The van der Waals surface area contributed by atoms with Gasteiger partial charge in [0.25, 0.3) is 0 Å². The van der Waals surface area contributed by atoms with Crippen LogP contribution in [0.1, 0.15) is 12.8 Å². The lowest BCUT2D eigenvalue weighted by molar-refractivity contribution is -0.132. The molecule has 0 spiro atoms. The predicted octanol–water partition coefficient (Wildman–Crippen LogP) is 1.04. The number of piperazine rings is 1. The van der Waals surface area contributed by atoms with Gasteiger partial charge in [0, 0.05) is 51.8 Å². The van der Waals surface area contributed by atoms with Gasteiger partial charge in [-0.1, -0.05) is 23.4 Å². The summed E-state index contributed by atoms with van der Waals surface area (Å²) < 4.78 is 4.90. The summed E-state index contributed by atoms with van der Waals surface area (Å²) in [4.78, 5) is 36.7. The maximum atomic E-state index is 12.2. The summed E-state index contributed by atoms with van der Waals surface area (Å²) >= 11 is 7.39. The highest BCUT2D eigenvalue weighted by atomic mass is 35.5. The minimum atomic E-state index is -0.102. The zero-order chi connectivity index (χ0) is 19.2. The first-order chi connectivity index (χ1) is 13.1. The van der Waals surface area contributed by atoms with Gasteiger partial charge in [0.2, 0.25) is 11.8 Å². The van der Waals surface area contributed by atoms with Crippen LogP contribution in [0.25, 0.3) is 0 Å². The molecule has 2 heterocycles. The molecule has 8 nitrogen and oxygen atoms in total. The van der Waals surface area contributed by atoms with Gasteiger partial charge >= 0.3 is 0 Å². The lowest BCUT2D eigenvalue weighted by atomic mass is 10.2. The second kappa shape index (κ2) is 9.57. The highest BCUT2D eigenvalue weighted by molar-refractivity contribution is 7.99. The Kier molecular flexibility index (Phi) is 7.14. The van der Waals surface area contributed by atoms with Gasteiger partial charge in [-0.15, -0.1) is 0 Å². The first-order valence-electron chi connectivity index (χ1n) is 9.03. The number of rotatable bonds is 8. The van der Waals surface area contributed by atoms with E-state index >= 15 is 0 Å². The first-order valence-corrected chi connectivity index (χ1v) is 10.4. The number of amides is 2. The summed E-state index contributed by atoms with van der Waals surface area (Å²) in [6.07, 6.45) is 2.06. The summed E-state index contributed by atoms with van der Waals surface area (Å²) in [5.41, 5.74) is 0. The van der Waals surface area contributed by atoms with E-state index < -0.39 is 0 Å². The molecule has 10 heteroatoms. The molecule has 1 aromatic heterocycles. The fraction of sp³-hybridized carbons (Fsp3) is 0.647. The van der Waals surface area contributed by atoms with E-state index in [0.717, 1.165) is 18.7 Å². The normalized spacial score (nSPS) is 17.1. The van der Waals surface area contributed by atoms with Gasteiger partial charge in [0.15, 0.2) is 5.16 Å². The van der Waals surface area contributed by atoms with E-state index in [2.05, 4.69) is 20.2 Å². The number of anilines is 1. The Bertz CT molecular complexity index is 681. The van der Waals surface area contributed by atoms with Crippen molar-refractivity contribution in [1.82, 2.24) is 20.2 Å². The Hall–Kier alpha value is -1.58. The van der Waals surface area contributed by atoms with Crippen LogP contribution in [0.4, 0.5) is 5.82 Å². The maximum absolute atomic E-state index is 12.2. The van der Waals surface area contributed by atoms with Crippen LogP contribution in [0.2, 0.25) is 5.15 Å². The van der Waals surface area contributed by atoms with E-state index in [4.69, 9.17) is 16.3 Å². The number of hydrogen-bond donors (Lipinski definition) is 1. The largest absolute Gasteiger partial charge is 0.383 e. The maximum Gasteiger partial charge on any atom is 0.230 e. The molecule has 27 heavy (non-hydrogen) atoms. The van der Waals surface area contributed by atoms with Gasteiger partial charge in [-0.2, -0.15) is 0 Å². The number of thioether (sulfide) groups is 1. The number of methoxy groups -OCH3 is 1. The quantitative estimate of drug-likeness (QED) is 0.295. The fourth-order valence-corrected chi connectivity index (χ4v) is 3.74. The molecular formula is C17H24ClN5O3S. The van der Waals surface area contributed by atoms with Crippen molar-refractivity contribution in [3.8, 4) is 0 Å². The Morgan fingerprint density at radius 2 is 2.04 bits per heavy atom. The van der Waals surface area contributed by atoms with E-state index in [-0.39, 0.29) is 23.5 Å². The molecule has 1 aliphatic heterocycles. The number of hydrogen-bond acceptors (Lipinski definition) is 7. The highest BCUT2D eigenvalue weighted by Gasteiger charge is 2.34. The summed E-state index contributed by atoms with van der Waals surface area (Å²) in [5, 5.41) is 3.57. The second-order valence-electron chi connectivity index (χ2n) is 6.55. The second-order valence-corrected chi connectivity index (χ2v) is 7.88. The van der Waals surface area contributed by atoms with Gasteiger partial charge in [-0.3, -0.25) is 9.59 Å². The molecule has 1 saturated carbocycles. The van der Waals surface area contributed by atoms with E-state index in [0.29, 0.717) is 49.6 Å². The molecule has 0 radical (unpaired) electrons. The highest BCUT2D eigenvalue weighted by Crippen LogP contribution is 2.31. The summed E-state index contributed by atoms with van der Waals surface area (Å²) in [5.74, 6) is 1.38. The van der Waals surface area contributed by atoms with Crippen LogP contribution in [0.5, 0.6) is 0 Å². The minimum absolute atomic E-state index is 0.102. The molecule has 148 valence electrons. The van der Waals surface area contributed by atoms with Crippen molar-refractivity contribution in [2.75, 3.05) is 57.1 Å². The lowest BCUT2D eigenvalue weighted by Crippen LogP contribution is -2.49. The lowest BCUT2D eigenvalue weighted by Gasteiger charge is -2.35. The monoisotopic (exact) mass is 413 g/mol. The average molecular weight is 414 g/mol. The Balaban J connectivity index is 1.52. The van der Waals surface area contributed by atoms with Gasteiger partial charge in [-0.25, -0.2) is 9.97 Å². The SMILES string of the molecule is COCCNC(=O)CSc1nc(Cl)cc(N2CCN(C(=O)C3CC3)CC2)n1. The number of carbonyl (C=O) groups excluding carboxylic acids is 2. The van der Waals surface area contributed by atoms with Crippen molar-refractivity contribution in [3.63, 3.8) is 0 Å². The zero-order valence-electron chi connectivity index (χ0n) is 15.3. The molecule has 2 aliphatic rings.